The normalized spacial score (nSPS) is 9.85. The zero-order chi connectivity index (χ0) is 14.4. The summed E-state index contributed by atoms with van der Waals surface area (Å²) in [4.78, 5) is 27.3. The van der Waals surface area contributed by atoms with Gasteiger partial charge in [0, 0.05) is 24.6 Å². The summed E-state index contributed by atoms with van der Waals surface area (Å²) >= 11 is 0. The third kappa shape index (κ3) is 3.65. The minimum absolute atomic E-state index is 0.294. The van der Waals surface area contributed by atoms with Gasteiger partial charge < -0.3 is 10.6 Å². The van der Waals surface area contributed by atoms with Gasteiger partial charge in [-0.1, -0.05) is 18.2 Å². The molecule has 0 atom stereocenters. The number of nitrogens with one attached hydrogen (secondary N) is 2. The van der Waals surface area contributed by atoms with Crippen molar-refractivity contribution in [3.8, 4) is 0 Å². The number of rotatable bonds is 3. The van der Waals surface area contributed by atoms with Crippen molar-refractivity contribution < 1.29 is 9.59 Å². The molecule has 0 saturated carbocycles. The first-order chi connectivity index (χ1) is 9.66. The summed E-state index contributed by atoms with van der Waals surface area (Å²) in [6.07, 6.45) is 3.27. The van der Waals surface area contributed by atoms with Crippen LogP contribution < -0.4 is 10.6 Å². The second kappa shape index (κ2) is 6.47. The maximum Gasteiger partial charge on any atom is 0.313 e. The van der Waals surface area contributed by atoms with Crippen LogP contribution in [0.4, 0.5) is 5.69 Å². The third-order valence-corrected chi connectivity index (χ3v) is 2.80. The minimum atomic E-state index is -0.673. The topological polar surface area (TPSA) is 71.1 Å². The van der Waals surface area contributed by atoms with Crippen molar-refractivity contribution in [3.05, 3.63) is 59.9 Å². The van der Waals surface area contributed by atoms with Crippen molar-refractivity contribution in [1.82, 2.24) is 10.3 Å². The molecule has 0 fully saturated rings. The largest absolute Gasteiger partial charge is 0.344 e. The fraction of sp³-hybridized carbons (Fsp3) is 0.133. The number of aromatic nitrogens is 1. The molecule has 1 aromatic heterocycles. The number of carbonyl (C=O) groups excluding carboxylic acids is 2. The summed E-state index contributed by atoms with van der Waals surface area (Å²) < 4.78 is 0. The van der Waals surface area contributed by atoms with E-state index in [2.05, 4.69) is 15.6 Å². The standard InChI is InChI=1S/C15H15N3O2/c1-11-4-2-3-5-13(11)18-15(20)14(19)17-10-12-6-8-16-9-7-12/h2-9H,10H2,1H3,(H,17,19)(H,18,20). The molecule has 2 N–H and O–H groups in total. The molecule has 0 bridgehead atoms. The molecule has 1 aromatic carbocycles. The molecule has 2 aromatic rings. The molecule has 2 rings (SSSR count). The monoisotopic (exact) mass is 269 g/mol. The van der Waals surface area contributed by atoms with Gasteiger partial charge in [0.25, 0.3) is 0 Å². The first kappa shape index (κ1) is 13.7. The van der Waals surface area contributed by atoms with E-state index in [1.165, 1.54) is 0 Å². The highest BCUT2D eigenvalue weighted by Gasteiger charge is 2.13. The van der Waals surface area contributed by atoms with E-state index in [1.807, 2.05) is 19.1 Å². The highest BCUT2D eigenvalue weighted by Crippen LogP contribution is 2.12. The smallest absolute Gasteiger partial charge is 0.313 e. The number of hydrogen-bond acceptors (Lipinski definition) is 3. The van der Waals surface area contributed by atoms with Crippen molar-refractivity contribution in [2.45, 2.75) is 13.5 Å². The molecule has 1 heterocycles. The van der Waals surface area contributed by atoms with Crippen LogP contribution in [-0.2, 0) is 16.1 Å². The summed E-state index contributed by atoms with van der Waals surface area (Å²) in [7, 11) is 0. The Kier molecular flexibility index (Phi) is 4.44. The van der Waals surface area contributed by atoms with Gasteiger partial charge in [-0.15, -0.1) is 0 Å². The second-order valence-electron chi connectivity index (χ2n) is 4.31. The Bertz CT molecular complexity index is 612. The first-order valence-corrected chi connectivity index (χ1v) is 6.20. The molecule has 20 heavy (non-hydrogen) atoms. The summed E-state index contributed by atoms with van der Waals surface area (Å²) in [5.41, 5.74) is 2.43. The number of nitrogens with zero attached hydrogens (tertiary/aromatic N) is 1. The molecule has 102 valence electrons. The fourth-order valence-electron chi connectivity index (χ4n) is 1.66. The molecule has 5 heteroatoms. The first-order valence-electron chi connectivity index (χ1n) is 6.20. The summed E-state index contributed by atoms with van der Waals surface area (Å²) in [6.45, 7) is 2.16. The van der Waals surface area contributed by atoms with Gasteiger partial charge in [0.2, 0.25) is 0 Å². The maximum absolute atomic E-state index is 11.8. The zero-order valence-corrected chi connectivity index (χ0v) is 11.1. The summed E-state index contributed by atoms with van der Waals surface area (Å²) in [6, 6.07) is 10.8. The van der Waals surface area contributed by atoms with Crippen LogP contribution in [0.3, 0.4) is 0 Å². The lowest BCUT2D eigenvalue weighted by molar-refractivity contribution is -0.136. The van der Waals surface area contributed by atoms with Crippen LogP contribution in [0.1, 0.15) is 11.1 Å². The fourth-order valence-corrected chi connectivity index (χ4v) is 1.66. The molecule has 0 aliphatic heterocycles. The SMILES string of the molecule is Cc1ccccc1NC(=O)C(=O)NCc1ccncc1. The number of hydrogen-bond donors (Lipinski definition) is 2. The van der Waals surface area contributed by atoms with Crippen LogP contribution in [0, 0.1) is 6.92 Å². The van der Waals surface area contributed by atoms with Gasteiger partial charge in [0.15, 0.2) is 0 Å². The van der Waals surface area contributed by atoms with E-state index < -0.39 is 11.8 Å². The van der Waals surface area contributed by atoms with Crippen LogP contribution in [-0.4, -0.2) is 16.8 Å². The van der Waals surface area contributed by atoms with Crippen LogP contribution in [0.2, 0.25) is 0 Å². The molecular formula is C15H15N3O2. The van der Waals surface area contributed by atoms with Crippen molar-refractivity contribution in [1.29, 1.82) is 0 Å². The Hall–Kier alpha value is -2.69. The zero-order valence-electron chi connectivity index (χ0n) is 11.1. The van der Waals surface area contributed by atoms with Crippen molar-refractivity contribution in [3.63, 3.8) is 0 Å². The van der Waals surface area contributed by atoms with Gasteiger partial charge in [0.1, 0.15) is 0 Å². The van der Waals surface area contributed by atoms with E-state index in [4.69, 9.17) is 0 Å². The number of benzene rings is 1. The Morgan fingerprint density at radius 1 is 1.05 bits per heavy atom. The lowest BCUT2D eigenvalue weighted by Gasteiger charge is -2.08. The van der Waals surface area contributed by atoms with E-state index >= 15 is 0 Å². The Morgan fingerprint density at radius 3 is 2.45 bits per heavy atom. The second-order valence-corrected chi connectivity index (χ2v) is 4.31. The van der Waals surface area contributed by atoms with Crippen molar-refractivity contribution >= 4 is 17.5 Å². The van der Waals surface area contributed by atoms with E-state index in [9.17, 15) is 9.59 Å². The van der Waals surface area contributed by atoms with Crippen molar-refractivity contribution in [2.75, 3.05) is 5.32 Å². The average molecular weight is 269 g/mol. The van der Waals surface area contributed by atoms with Gasteiger partial charge >= 0.3 is 11.8 Å². The van der Waals surface area contributed by atoms with Crippen LogP contribution in [0.5, 0.6) is 0 Å². The van der Waals surface area contributed by atoms with E-state index in [-0.39, 0.29) is 0 Å². The average Bonchev–Trinajstić information content (AvgIpc) is 2.48. The number of para-hydroxylation sites is 1. The molecule has 0 spiro atoms. The van der Waals surface area contributed by atoms with Crippen LogP contribution >= 0.6 is 0 Å². The molecule has 5 nitrogen and oxygen atoms in total. The van der Waals surface area contributed by atoms with Gasteiger partial charge in [-0.25, -0.2) is 0 Å². The Labute approximate surface area is 117 Å². The number of pyridine rings is 1. The molecule has 0 radical (unpaired) electrons. The lowest BCUT2D eigenvalue weighted by Crippen LogP contribution is -2.35. The summed E-state index contributed by atoms with van der Waals surface area (Å²) in [5, 5.41) is 5.14. The molecule has 0 aliphatic rings. The van der Waals surface area contributed by atoms with E-state index in [0.29, 0.717) is 12.2 Å². The highest BCUT2D eigenvalue weighted by molar-refractivity contribution is 6.39. The number of anilines is 1. The van der Waals surface area contributed by atoms with Crippen molar-refractivity contribution in [2.24, 2.45) is 0 Å². The van der Waals surface area contributed by atoms with Crippen LogP contribution in [0.25, 0.3) is 0 Å². The van der Waals surface area contributed by atoms with Crippen LogP contribution in [0.15, 0.2) is 48.8 Å². The number of carbonyl (C=O) groups is 2. The number of amides is 2. The number of aryl methyl sites for hydroxylation is 1. The molecule has 0 unspecified atom stereocenters. The molecule has 0 aliphatic carbocycles. The molecule has 2 amide bonds. The van der Waals surface area contributed by atoms with Gasteiger partial charge in [0.05, 0.1) is 0 Å². The quantitative estimate of drug-likeness (QED) is 0.832. The predicted octanol–water partition coefficient (Wildman–Crippen LogP) is 1.64. The van der Waals surface area contributed by atoms with Gasteiger partial charge in [-0.05, 0) is 36.2 Å². The minimum Gasteiger partial charge on any atom is -0.344 e. The Balaban J connectivity index is 1.90. The molecular weight excluding hydrogens is 254 g/mol. The van der Waals surface area contributed by atoms with E-state index in [1.54, 1.807) is 36.7 Å². The molecule has 0 saturated heterocycles. The summed E-state index contributed by atoms with van der Waals surface area (Å²) in [5.74, 6) is -1.33. The van der Waals surface area contributed by atoms with Gasteiger partial charge in [-0.2, -0.15) is 0 Å². The highest BCUT2D eigenvalue weighted by atomic mass is 16.2. The third-order valence-electron chi connectivity index (χ3n) is 2.80. The maximum atomic E-state index is 11.8. The van der Waals surface area contributed by atoms with Gasteiger partial charge in [-0.3, -0.25) is 14.6 Å². The van der Waals surface area contributed by atoms with E-state index in [0.717, 1.165) is 11.1 Å². The lowest BCUT2D eigenvalue weighted by atomic mass is 10.2. The Morgan fingerprint density at radius 2 is 1.75 bits per heavy atom. The predicted molar refractivity (Wildman–Crippen MR) is 75.9 cm³/mol.